The first kappa shape index (κ1) is 24.0. The van der Waals surface area contributed by atoms with Crippen LogP contribution in [-0.2, 0) is 14.8 Å². The van der Waals surface area contributed by atoms with E-state index in [0.717, 1.165) is 0 Å². The molecule has 8 heteroatoms. The van der Waals surface area contributed by atoms with Gasteiger partial charge in [0.15, 0.2) is 11.5 Å². The third kappa shape index (κ3) is 7.20. The molecule has 7 nitrogen and oxygen atoms in total. The van der Waals surface area contributed by atoms with Crippen molar-refractivity contribution < 1.29 is 27.8 Å². The van der Waals surface area contributed by atoms with Gasteiger partial charge in [-0.3, -0.25) is 9.52 Å². The Balaban J connectivity index is 1.61. The highest BCUT2D eigenvalue weighted by atomic mass is 32.2. The van der Waals surface area contributed by atoms with E-state index in [2.05, 4.69) is 4.72 Å². The molecule has 3 rings (SSSR count). The van der Waals surface area contributed by atoms with Crippen molar-refractivity contribution in [2.75, 3.05) is 11.3 Å². The number of rotatable bonds is 10. The minimum absolute atomic E-state index is 0.0580. The second-order valence-electron chi connectivity index (χ2n) is 7.06. The van der Waals surface area contributed by atoms with Crippen molar-refractivity contribution in [1.29, 1.82) is 0 Å². The molecular formula is C25H25NO6S. The third-order valence-electron chi connectivity index (χ3n) is 4.47. The molecule has 0 spiro atoms. The normalized spacial score (nSPS) is 12.3. The molecule has 0 fully saturated rings. The Bertz CT molecular complexity index is 1210. The quantitative estimate of drug-likeness (QED) is 0.341. The fourth-order valence-electron chi connectivity index (χ4n) is 2.82. The molecule has 2 N–H and O–H groups in total. The maximum atomic E-state index is 12.5. The topological polar surface area (TPSA) is 102 Å². The molecule has 0 bridgehead atoms. The summed E-state index contributed by atoms with van der Waals surface area (Å²) >= 11 is 0. The third-order valence-corrected chi connectivity index (χ3v) is 5.87. The molecule has 0 saturated carbocycles. The van der Waals surface area contributed by atoms with Crippen molar-refractivity contribution in [3.05, 3.63) is 90.5 Å². The van der Waals surface area contributed by atoms with Gasteiger partial charge < -0.3 is 14.6 Å². The minimum Gasteiger partial charge on any atom is -0.487 e. The van der Waals surface area contributed by atoms with Crippen molar-refractivity contribution in [3.63, 3.8) is 0 Å². The molecule has 0 aliphatic heterocycles. The van der Waals surface area contributed by atoms with Crippen molar-refractivity contribution in [2.24, 2.45) is 0 Å². The highest BCUT2D eigenvalue weighted by Gasteiger charge is 2.13. The van der Waals surface area contributed by atoms with Gasteiger partial charge >= 0.3 is 5.97 Å². The molecule has 33 heavy (non-hydrogen) atoms. The first-order chi connectivity index (χ1) is 15.9. The zero-order chi connectivity index (χ0) is 23.7. The number of hydrogen-bond donors (Lipinski definition) is 2. The smallest absolute Gasteiger partial charge is 0.311 e. The molecule has 0 saturated heterocycles. The van der Waals surface area contributed by atoms with E-state index in [1.807, 2.05) is 0 Å². The number of para-hydroxylation sites is 2. The summed E-state index contributed by atoms with van der Waals surface area (Å²) in [5.74, 6) is 0.261. The number of esters is 1. The molecule has 0 amide bonds. The number of aliphatic hydroxyl groups excluding tert-OH is 1. The number of carbonyl (C=O) groups is 1. The van der Waals surface area contributed by atoms with Gasteiger partial charge in [-0.15, -0.1) is 0 Å². The van der Waals surface area contributed by atoms with Crippen LogP contribution >= 0.6 is 0 Å². The van der Waals surface area contributed by atoms with Gasteiger partial charge in [0, 0.05) is 12.1 Å². The predicted octanol–water partition coefficient (Wildman–Crippen LogP) is 4.26. The van der Waals surface area contributed by atoms with Crippen molar-refractivity contribution in [3.8, 4) is 11.5 Å². The Labute approximate surface area is 193 Å². The Hall–Kier alpha value is -3.62. The van der Waals surface area contributed by atoms with Crippen LogP contribution in [0.2, 0.25) is 0 Å². The van der Waals surface area contributed by atoms with Crippen LogP contribution in [0.4, 0.5) is 5.69 Å². The molecule has 1 unspecified atom stereocenters. The van der Waals surface area contributed by atoms with E-state index in [0.29, 0.717) is 22.7 Å². The zero-order valence-electron chi connectivity index (χ0n) is 18.0. The first-order valence-corrected chi connectivity index (χ1v) is 11.8. The van der Waals surface area contributed by atoms with Crippen LogP contribution in [0.15, 0.2) is 89.8 Å². The summed E-state index contributed by atoms with van der Waals surface area (Å²) < 4.78 is 38.4. The minimum atomic E-state index is -3.69. The van der Waals surface area contributed by atoms with E-state index in [9.17, 15) is 18.3 Å². The van der Waals surface area contributed by atoms with Crippen molar-refractivity contribution >= 4 is 27.8 Å². The molecule has 3 aromatic carbocycles. The van der Waals surface area contributed by atoms with Crippen LogP contribution in [0.5, 0.6) is 11.5 Å². The number of hydrogen-bond acceptors (Lipinski definition) is 6. The van der Waals surface area contributed by atoms with Gasteiger partial charge in [-0.05, 0) is 42.0 Å². The highest BCUT2D eigenvalue weighted by molar-refractivity contribution is 7.92. The Morgan fingerprint density at radius 2 is 1.70 bits per heavy atom. The molecule has 0 heterocycles. The maximum absolute atomic E-state index is 12.5. The van der Waals surface area contributed by atoms with E-state index in [1.54, 1.807) is 79.7 Å². The number of ether oxygens (including phenoxy) is 2. The molecule has 0 aliphatic carbocycles. The average molecular weight is 468 g/mol. The number of anilines is 1. The molecule has 172 valence electrons. The largest absolute Gasteiger partial charge is 0.487 e. The first-order valence-electron chi connectivity index (χ1n) is 10.3. The lowest BCUT2D eigenvalue weighted by Gasteiger charge is -2.13. The summed E-state index contributed by atoms with van der Waals surface area (Å²) in [5.41, 5.74) is 1.10. The number of benzene rings is 3. The summed E-state index contributed by atoms with van der Waals surface area (Å²) in [5, 5.41) is 10.3. The Morgan fingerprint density at radius 1 is 1.00 bits per heavy atom. The lowest BCUT2D eigenvalue weighted by atomic mass is 10.1. The van der Waals surface area contributed by atoms with Crippen molar-refractivity contribution in [1.82, 2.24) is 0 Å². The van der Waals surface area contributed by atoms with Gasteiger partial charge in [-0.25, -0.2) is 8.42 Å². The molecule has 0 aromatic heterocycles. The lowest BCUT2D eigenvalue weighted by molar-refractivity contribution is -0.134. The predicted molar refractivity (Wildman–Crippen MR) is 127 cm³/mol. The second kappa shape index (κ2) is 11.3. The van der Waals surface area contributed by atoms with Gasteiger partial charge in [0.05, 0.1) is 4.90 Å². The van der Waals surface area contributed by atoms with Gasteiger partial charge in [0.2, 0.25) is 0 Å². The van der Waals surface area contributed by atoms with Crippen LogP contribution in [-0.4, -0.2) is 32.2 Å². The van der Waals surface area contributed by atoms with Gasteiger partial charge in [-0.1, -0.05) is 61.5 Å². The standard InChI is InChI=1S/C25H25NO6S/c1-2-25(28)32-24-14-7-6-13-23(24)31-18-21(27)16-15-19-9-8-10-20(17-19)26-33(29,30)22-11-4-3-5-12-22/h3-17,21,26-27H,2,18H2,1H3/b16-15+. The fourth-order valence-corrected chi connectivity index (χ4v) is 3.89. The second-order valence-corrected chi connectivity index (χ2v) is 8.74. The maximum Gasteiger partial charge on any atom is 0.311 e. The summed E-state index contributed by atoms with van der Waals surface area (Å²) in [6, 6.07) is 21.6. The summed E-state index contributed by atoms with van der Waals surface area (Å²) in [4.78, 5) is 11.7. The summed E-state index contributed by atoms with van der Waals surface area (Å²) in [6.45, 7) is 1.64. The molecule has 0 radical (unpaired) electrons. The molecular weight excluding hydrogens is 442 g/mol. The molecule has 3 aromatic rings. The van der Waals surface area contributed by atoms with Crippen LogP contribution in [0.25, 0.3) is 6.08 Å². The van der Waals surface area contributed by atoms with E-state index < -0.39 is 16.1 Å². The van der Waals surface area contributed by atoms with Gasteiger partial charge in [0.25, 0.3) is 10.0 Å². The monoisotopic (exact) mass is 467 g/mol. The summed E-state index contributed by atoms with van der Waals surface area (Å²) in [6.07, 6.45) is 2.49. The SMILES string of the molecule is CCC(=O)Oc1ccccc1OCC(O)/C=C/c1cccc(NS(=O)(=O)c2ccccc2)c1. The highest BCUT2D eigenvalue weighted by Crippen LogP contribution is 2.27. The Morgan fingerprint density at radius 3 is 2.42 bits per heavy atom. The number of sulfonamides is 1. The van der Waals surface area contributed by atoms with Crippen LogP contribution in [0.3, 0.4) is 0 Å². The van der Waals surface area contributed by atoms with Crippen LogP contribution < -0.4 is 14.2 Å². The number of nitrogens with one attached hydrogen (secondary N) is 1. The van der Waals surface area contributed by atoms with E-state index in [4.69, 9.17) is 9.47 Å². The van der Waals surface area contributed by atoms with E-state index >= 15 is 0 Å². The average Bonchev–Trinajstić information content (AvgIpc) is 2.82. The number of carbonyl (C=O) groups excluding carboxylic acids is 1. The summed E-state index contributed by atoms with van der Waals surface area (Å²) in [7, 11) is -3.69. The fraction of sp³-hybridized carbons (Fsp3) is 0.160. The van der Waals surface area contributed by atoms with Gasteiger partial charge in [-0.2, -0.15) is 0 Å². The molecule has 0 aliphatic rings. The van der Waals surface area contributed by atoms with E-state index in [-0.39, 0.29) is 23.9 Å². The lowest BCUT2D eigenvalue weighted by Crippen LogP contribution is -2.15. The number of aliphatic hydroxyl groups is 1. The van der Waals surface area contributed by atoms with Gasteiger partial charge in [0.1, 0.15) is 12.7 Å². The van der Waals surface area contributed by atoms with E-state index in [1.165, 1.54) is 18.2 Å². The van der Waals surface area contributed by atoms with Crippen molar-refractivity contribution in [2.45, 2.75) is 24.3 Å². The zero-order valence-corrected chi connectivity index (χ0v) is 18.9. The Kier molecular flexibility index (Phi) is 8.23. The van der Waals surface area contributed by atoms with Crippen LogP contribution in [0.1, 0.15) is 18.9 Å². The molecule has 1 atom stereocenters. The van der Waals surface area contributed by atoms with Crippen LogP contribution in [0, 0.1) is 0 Å².